The molecule has 20 heavy (non-hydrogen) atoms. The minimum atomic E-state index is 0.630. The predicted molar refractivity (Wildman–Crippen MR) is 90.5 cm³/mol. The third-order valence-corrected chi connectivity index (χ3v) is 4.50. The highest BCUT2D eigenvalue weighted by Gasteiger charge is 2.03. The van der Waals surface area contributed by atoms with Crippen LogP contribution in [0.1, 0.15) is 12.5 Å². The molecular weight excluding hydrogens is 286 g/mol. The van der Waals surface area contributed by atoms with Crippen LogP contribution in [0.5, 0.6) is 0 Å². The number of nitrogens with zero attached hydrogens (tertiary/aromatic N) is 1. The Morgan fingerprint density at radius 1 is 1.00 bits per heavy atom. The SMILES string of the molecule is CCOC(=Nc1ccccc1)SSCc1ccccc1. The van der Waals surface area contributed by atoms with Gasteiger partial charge in [-0.05, 0) is 24.6 Å². The molecule has 0 N–H and O–H groups in total. The Morgan fingerprint density at radius 2 is 1.65 bits per heavy atom. The molecule has 2 aromatic rings. The molecule has 0 radical (unpaired) electrons. The standard InChI is InChI=1S/C16H17NOS2/c1-2-18-16(17-15-11-7-4-8-12-15)20-19-13-14-9-5-3-6-10-14/h3-12H,2,13H2,1H3. The van der Waals surface area contributed by atoms with Crippen molar-refractivity contribution < 1.29 is 4.74 Å². The minimum absolute atomic E-state index is 0.630. The molecule has 0 bridgehead atoms. The first-order valence-electron chi connectivity index (χ1n) is 6.48. The van der Waals surface area contributed by atoms with Gasteiger partial charge in [0.15, 0.2) is 0 Å². The summed E-state index contributed by atoms with van der Waals surface area (Å²) in [7, 11) is 3.31. The smallest absolute Gasteiger partial charge is 0.261 e. The van der Waals surface area contributed by atoms with Crippen LogP contribution in [0.15, 0.2) is 65.7 Å². The van der Waals surface area contributed by atoms with Crippen molar-refractivity contribution in [2.24, 2.45) is 4.99 Å². The van der Waals surface area contributed by atoms with Gasteiger partial charge in [0, 0.05) is 16.5 Å². The van der Waals surface area contributed by atoms with Crippen molar-refractivity contribution in [1.29, 1.82) is 0 Å². The molecule has 0 fully saturated rings. The highest BCUT2D eigenvalue weighted by Crippen LogP contribution is 2.29. The van der Waals surface area contributed by atoms with Gasteiger partial charge in [0.1, 0.15) is 0 Å². The van der Waals surface area contributed by atoms with Crippen molar-refractivity contribution >= 4 is 32.5 Å². The van der Waals surface area contributed by atoms with Crippen LogP contribution in [0.25, 0.3) is 0 Å². The van der Waals surface area contributed by atoms with Gasteiger partial charge in [-0.15, -0.1) is 0 Å². The minimum Gasteiger partial charge on any atom is -0.473 e. The quantitative estimate of drug-likeness (QED) is 0.425. The molecule has 2 aromatic carbocycles. The molecule has 2 nitrogen and oxygen atoms in total. The van der Waals surface area contributed by atoms with Crippen molar-refractivity contribution in [2.75, 3.05) is 6.61 Å². The van der Waals surface area contributed by atoms with Crippen LogP contribution < -0.4 is 0 Å². The van der Waals surface area contributed by atoms with Crippen LogP contribution >= 0.6 is 21.6 Å². The number of aliphatic imine (C=N–C) groups is 1. The Hall–Kier alpha value is -1.39. The van der Waals surface area contributed by atoms with E-state index in [2.05, 4.69) is 29.3 Å². The zero-order chi connectivity index (χ0) is 14.0. The molecule has 0 spiro atoms. The zero-order valence-electron chi connectivity index (χ0n) is 11.4. The van der Waals surface area contributed by atoms with Gasteiger partial charge < -0.3 is 4.74 Å². The summed E-state index contributed by atoms with van der Waals surface area (Å²) in [5.74, 6) is 0.937. The molecule has 0 amide bonds. The molecule has 0 aliphatic rings. The van der Waals surface area contributed by atoms with Gasteiger partial charge in [0.2, 0.25) is 0 Å². The van der Waals surface area contributed by atoms with Crippen LogP contribution in [-0.4, -0.2) is 11.8 Å². The van der Waals surface area contributed by atoms with Gasteiger partial charge in [0.25, 0.3) is 5.23 Å². The summed E-state index contributed by atoms with van der Waals surface area (Å²) in [5.41, 5.74) is 2.23. The Kier molecular flexibility index (Phi) is 6.54. The maximum atomic E-state index is 5.58. The molecule has 2 rings (SSSR count). The van der Waals surface area contributed by atoms with Gasteiger partial charge in [-0.1, -0.05) is 59.3 Å². The molecule has 4 heteroatoms. The third-order valence-electron chi connectivity index (χ3n) is 2.44. The molecule has 0 heterocycles. The second-order valence-electron chi connectivity index (χ2n) is 3.98. The predicted octanol–water partition coefficient (Wildman–Crippen LogP) is 5.29. The molecular formula is C16H17NOS2. The van der Waals surface area contributed by atoms with Crippen LogP contribution in [0.3, 0.4) is 0 Å². The molecule has 0 saturated heterocycles. The van der Waals surface area contributed by atoms with Crippen LogP contribution in [-0.2, 0) is 10.5 Å². The molecule has 0 atom stereocenters. The fraction of sp³-hybridized carbons (Fsp3) is 0.188. The first-order valence-corrected chi connectivity index (χ1v) is 8.80. The van der Waals surface area contributed by atoms with E-state index in [0.717, 1.165) is 11.4 Å². The van der Waals surface area contributed by atoms with E-state index >= 15 is 0 Å². The lowest BCUT2D eigenvalue weighted by molar-refractivity contribution is 0.338. The first kappa shape index (κ1) is 15.0. The van der Waals surface area contributed by atoms with Gasteiger partial charge in [-0.3, -0.25) is 0 Å². The van der Waals surface area contributed by atoms with E-state index < -0.39 is 0 Å². The highest BCUT2D eigenvalue weighted by molar-refractivity contribution is 8.81. The van der Waals surface area contributed by atoms with E-state index in [1.54, 1.807) is 21.6 Å². The molecule has 0 aliphatic carbocycles. The molecule has 0 unspecified atom stereocenters. The topological polar surface area (TPSA) is 21.6 Å². The first-order chi connectivity index (χ1) is 9.88. The van der Waals surface area contributed by atoms with E-state index in [9.17, 15) is 0 Å². The van der Waals surface area contributed by atoms with E-state index in [0.29, 0.717) is 11.8 Å². The van der Waals surface area contributed by atoms with Gasteiger partial charge >= 0.3 is 0 Å². The molecule has 0 saturated carbocycles. The van der Waals surface area contributed by atoms with Crippen molar-refractivity contribution in [3.8, 4) is 0 Å². The number of para-hydroxylation sites is 1. The Morgan fingerprint density at radius 3 is 2.30 bits per heavy atom. The number of hydrogen-bond acceptors (Lipinski definition) is 4. The Balaban J connectivity index is 1.91. The number of ether oxygens (including phenoxy) is 1. The fourth-order valence-electron chi connectivity index (χ4n) is 1.53. The van der Waals surface area contributed by atoms with Crippen LogP contribution in [0, 0.1) is 0 Å². The Labute approximate surface area is 128 Å². The lowest BCUT2D eigenvalue weighted by Gasteiger charge is -2.06. The average Bonchev–Trinajstić information content (AvgIpc) is 2.49. The van der Waals surface area contributed by atoms with Crippen LogP contribution in [0.2, 0.25) is 0 Å². The van der Waals surface area contributed by atoms with Crippen LogP contribution in [0.4, 0.5) is 5.69 Å². The van der Waals surface area contributed by atoms with Gasteiger partial charge in [-0.2, -0.15) is 0 Å². The Bertz CT molecular complexity index is 529. The maximum Gasteiger partial charge on any atom is 0.261 e. The summed E-state index contributed by atoms with van der Waals surface area (Å²) in [6.45, 7) is 2.60. The maximum absolute atomic E-state index is 5.58. The van der Waals surface area contributed by atoms with Crippen molar-refractivity contribution in [3.05, 3.63) is 66.2 Å². The summed E-state index contributed by atoms with van der Waals surface area (Å²) in [4.78, 5) is 4.52. The molecule has 104 valence electrons. The number of hydrogen-bond donors (Lipinski definition) is 0. The zero-order valence-corrected chi connectivity index (χ0v) is 13.0. The summed E-state index contributed by atoms with van der Waals surface area (Å²) in [6, 6.07) is 20.3. The highest BCUT2D eigenvalue weighted by atomic mass is 33.1. The van der Waals surface area contributed by atoms with Crippen molar-refractivity contribution in [2.45, 2.75) is 12.7 Å². The van der Waals surface area contributed by atoms with E-state index in [4.69, 9.17) is 4.74 Å². The normalized spacial score (nSPS) is 11.3. The summed E-state index contributed by atoms with van der Waals surface area (Å²) >= 11 is 0. The number of benzene rings is 2. The van der Waals surface area contributed by atoms with E-state index in [1.165, 1.54) is 5.56 Å². The summed E-state index contributed by atoms with van der Waals surface area (Å²) in [6.07, 6.45) is 0. The lowest BCUT2D eigenvalue weighted by Crippen LogP contribution is -1.97. The monoisotopic (exact) mass is 303 g/mol. The second kappa shape index (κ2) is 8.72. The second-order valence-corrected chi connectivity index (χ2v) is 6.22. The number of rotatable bonds is 5. The third kappa shape index (κ3) is 5.31. The summed E-state index contributed by atoms with van der Waals surface area (Å²) in [5, 5.41) is 0.708. The van der Waals surface area contributed by atoms with Crippen molar-refractivity contribution in [3.63, 3.8) is 0 Å². The largest absolute Gasteiger partial charge is 0.473 e. The van der Waals surface area contributed by atoms with Gasteiger partial charge in [-0.25, -0.2) is 4.99 Å². The van der Waals surface area contributed by atoms with Gasteiger partial charge in [0.05, 0.1) is 12.3 Å². The summed E-state index contributed by atoms with van der Waals surface area (Å²) < 4.78 is 5.58. The van der Waals surface area contributed by atoms with Crippen molar-refractivity contribution in [1.82, 2.24) is 0 Å². The van der Waals surface area contributed by atoms with E-state index in [1.807, 2.05) is 43.3 Å². The lowest BCUT2D eigenvalue weighted by atomic mass is 10.2. The molecule has 0 aromatic heterocycles. The van der Waals surface area contributed by atoms with E-state index in [-0.39, 0.29) is 0 Å². The fourth-order valence-corrected chi connectivity index (χ4v) is 3.47. The average molecular weight is 303 g/mol. The molecule has 0 aliphatic heterocycles.